The van der Waals surface area contributed by atoms with Gasteiger partial charge in [0.1, 0.15) is 5.51 Å². The van der Waals surface area contributed by atoms with Crippen LogP contribution in [0.15, 0.2) is 40.2 Å². The lowest BCUT2D eigenvalue weighted by Gasteiger charge is -2.26. The summed E-state index contributed by atoms with van der Waals surface area (Å²) in [7, 11) is 0. The predicted octanol–water partition coefficient (Wildman–Crippen LogP) is 3.76. The molecule has 0 fully saturated rings. The van der Waals surface area contributed by atoms with Crippen LogP contribution in [0.5, 0.6) is 0 Å². The van der Waals surface area contributed by atoms with Gasteiger partial charge in [0, 0.05) is 11.3 Å². The third kappa shape index (κ3) is 4.03. The van der Waals surface area contributed by atoms with Crippen LogP contribution < -0.4 is 5.32 Å². The second-order valence-corrected chi connectivity index (χ2v) is 6.53. The Bertz CT molecular complexity index is 459. The van der Waals surface area contributed by atoms with E-state index in [2.05, 4.69) is 59.7 Å². The van der Waals surface area contributed by atoms with Crippen molar-refractivity contribution >= 4 is 23.1 Å². The van der Waals surface area contributed by atoms with Crippen molar-refractivity contribution in [1.82, 2.24) is 15.5 Å². The highest BCUT2D eigenvalue weighted by Gasteiger charge is 2.22. The predicted molar refractivity (Wildman–Crippen MR) is 82.7 cm³/mol. The summed E-state index contributed by atoms with van der Waals surface area (Å²) >= 11 is 3.43. The van der Waals surface area contributed by atoms with E-state index < -0.39 is 0 Å². The SMILES string of the molecule is CCNC(c1ccccc1)C(CC)Sc1nncs1. The molecule has 3 nitrogen and oxygen atoms in total. The Morgan fingerprint density at radius 3 is 2.63 bits per heavy atom. The summed E-state index contributed by atoms with van der Waals surface area (Å²) in [6.07, 6.45) is 1.09. The fourth-order valence-corrected chi connectivity index (χ4v) is 3.99. The first-order valence-electron chi connectivity index (χ1n) is 6.56. The molecule has 0 aliphatic rings. The molecule has 2 rings (SSSR count). The highest BCUT2D eigenvalue weighted by atomic mass is 32.2. The quantitative estimate of drug-likeness (QED) is 0.789. The third-order valence-corrected chi connectivity index (χ3v) is 5.20. The van der Waals surface area contributed by atoms with Gasteiger partial charge in [-0.05, 0) is 18.5 Å². The molecule has 1 aromatic carbocycles. The van der Waals surface area contributed by atoms with Crippen LogP contribution in [0, 0.1) is 0 Å². The van der Waals surface area contributed by atoms with Crippen LogP contribution >= 0.6 is 23.1 Å². The summed E-state index contributed by atoms with van der Waals surface area (Å²) in [4.78, 5) is 0. The minimum Gasteiger partial charge on any atom is -0.309 e. The average molecular weight is 293 g/mol. The zero-order valence-electron chi connectivity index (χ0n) is 11.2. The monoisotopic (exact) mass is 293 g/mol. The number of thioether (sulfide) groups is 1. The van der Waals surface area contributed by atoms with E-state index in [1.165, 1.54) is 5.56 Å². The van der Waals surface area contributed by atoms with Gasteiger partial charge in [0.05, 0.1) is 0 Å². The van der Waals surface area contributed by atoms with E-state index >= 15 is 0 Å². The van der Waals surface area contributed by atoms with Crippen LogP contribution in [0.2, 0.25) is 0 Å². The van der Waals surface area contributed by atoms with Crippen LogP contribution in [0.1, 0.15) is 31.9 Å². The first kappa shape index (κ1) is 14.5. The van der Waals surface area contributed by atoms with Gasteiger partial charge in [0.25, 0.3) is 0 Å². The van der Waals surface area contributed by atoms with Crippen molar-refractivity contribution in [1.29, 1.82) is 0 Å². The fraction of sp³-hybridized carbons (Fsp3) is 0.429. The van der Waals surface area contributed by atoms with E-state index in [0.29, 0.717) is 11.3 Å². The van der Waals surface area contributed by atoms with Crippen molar-refractivity contribution in [2.45, 2.75) is 35.9 Å². The maximum absolute atomic E-state index is 4.14. The van der Waals surface area contributed by atoms with E-state index in [0.717, 1.165) is 17.3 Å². The van der Waals surface area contributed by atoms with Crippen molar-refractivity contribution in [3.63, 3.8) is 0 Å². The number of hydrogen-bond donors (Lipinski definition) is 1. The summed E-state index contributed by atoms with van der Waals surface area (Å²) in [5.74, 6) is 0. The molecule has 0 saturated heterocycles. The van der Waals surface area contributed by atoms with Gasteiger partial charge in [-0.1, -0.05) is 67.3 Å². The van der Waals surface area contributed by atoms with Crippen LogP contribution in [0.3, 0.4) is 0 Å². The van der Waals surface area contributed by atoms with Crippen molar-refractivity contribution in [3.8, 4) is 0 Å². The molecular formula is C14H19N3S2. The molecule has 0 radical (unpaired) electrons. The lowest BCUT2D eigenvalue weighted by molar-refractivity contribution is 0.521. The van der Waals surface area contributed by atoms with Crippen molar-refractivity contribution < 1.29 is 0 Å². The van der Waals surface area contributed by atoms with Crippen LogP contribution in [0.4, 0.5) is 0 Å². The Kier molecular flexibility index (Phi) is 5.82. The van der Waals surface area contributed by atoms with Crippen LogP contribution in [-0.2, 0) is 0 Å². The number of nitrogens with zero attached hydrogens (tertiary/aromatic N) is 2. The maximum Gasteiger partial charge on any atom is 0.174 e. The molecule has 0 amide bonds. The van der Waals surface area contributed by atoms with Crippen molar-refractivity contribution in [3.05, 3.63) is 41.4 Å². The zero-order valence-corrected chi connectivity index (χ0v) is 12.9. The average Bonchev–Trinajstić information content (AvgIpc) is 2.96. The van der Waals surface area contributed by atoms with Gasteiger partial charge in [0.15, 0.2) is 4.34 Å². The number of rotatable bonds is 7. The second kappa shape index (κ2) is 7.62. The molecule has 5 heteroatoms. The summed E-state index contributed by atoms with van der Waals surface area (Å²) in [5, 5.41) is 12.1. The molecule has 19 heavy (non-hydrogen) atoms. The molecule has 0 saturated carbocycles. The number of benzene rings is 1. The van der Waals surface area contributed by atoms with E-state index in [1.807, 2.05) is 11.8 Å². The molecule has 1 aromatic heterocycles. The maximum atomic E-state index is 4.14. The first-order valence-corrected chi connectivity index (χ1v) is 8.32. The molecule has 0 spiro atoms. The molecule has 2 aromatic rings. The Hall–Kier alpha value is -0.910. The van der Waals surface area contributed by atoms with Gasteiger partial charge < -0.3 is 5.32 Å². The second-order valence-electron chi connectivity index (χ2n) is 4.22. The zero-order chi connectivity index (χ0) is 13.5. The minimum absolute atomic E-state index is 0.352. The first-order chi connectivity index (χ1) is 9.35. The molecule has 1 N–H and O–H groups in total. The lowest BCUT2D eigenvalue weighted by Crippen LogP contribution is -2.29. The minimum atomic E-state index is 0.352. The molecular weight excluding hydrogens is 274 g/mol. The van der Waals surface area contributed by atoms with Gasteiger partial charge in [-0.15, -0.1) is 10.2 Å². The Balaban J connectivity index is 2.16. The van der Waals surface area contributed by atoms with E-state index in [9.17, 15) is 0 Å². The Labute approximate surface area is 122 Å². The molecule has 0 aliphatic heterocycles. The van der Waals surface area contributed by atoms with E-state index in [-0.39, 0.29) is 0 Å². The van der Waals surface area contributed by atoms with E-state index in [1.54, 1.807) is 16.8 Å². The standard InChI is InChI=1S/C14H19N3S2/c1-3-12(19-14-17-16-10-18-14)13(15-4-2)11-8-6-5-7-9-11/h5-10,12-13,15H,3-4H2,1-2H3. The fourth-order valence-electron chi connectivity index (χ4n) is 2.08. The largest absolute Gasteiger partial charge is 0.309 e. The molecule has 0 bridgehead atoms. The highest BCUT2D eigenvalue weighted by molar-refractivity contribution is 8.01. The van der Waals surface area contributed by atoms with E-state index in [4.69, 9.17) is 0 Å². The Morgan fingerprint density at radius 2 is 2.05 bits per heavy atom. The topological polar surface area (TPSA) is 37.8 Å². The van der Waals surface area contributed by atoms with Gasteiger partial charge in [-0.25, -0.2) is 0 Å². The number of nitrogens with one attached hydrogen (secondary N) is 1. The molecule has 0 aliphatic carbocycles. The smallest absolute Gasteiger partial charge is 0.174 e. The molecule has 1 heterocycles. The van der Waals surface area contributed by atoms with Gasteiger partial charge in [-0.3, -0.25) is 0 Å². The van der Waals surface area contributed by atoms with Gasteiger partial charge in [0.2, 0.25) is 0 Å². The highest BCUT2D eigenvalue weighted by Crippen LogP contribution is 2.34. The van der Waals surface area contributed by atoms with Crippen molar-refractivity contribution in [2.24, 2.45) is 0 Å². The van der Waals surface area contributed by atoms with Gasteiger partial charge >= 0.3 is 0 Å². The third-order valence-electron chi connectivity index (χ3n) is 2.95. The van der Waals surface area contributed by atoms with Crippen LogP contribution in [0.25, 0.3) is 0 Å². The summed E-state index contributed by atoms with van der Waals surface area (Å²) in [6, 6.07) is 11.0. The lowest BCUT2D eigenvalue weighted by atomic mass is 10.0. The summed E-state index contributed by atoms with van der Waals surface area (Å²) in [6.45, 7) is 5.34. The van der Waals surface area contributed by atoms with Crippen molar-refractivity contribution in [2.75, 3.05) is 6.54 Å². The summed E-state index contributed by atoms with van der Waals surface area (Å²) in [5.41, 5.74) is 3.13. The number of hydrogen-bond acceptors (Lipinski definition) is 5. The molecule has 2 atom stereocenters. The number of aromatic nitrogens is 2. The molecule has 2 unspecified atom stereocenters. The Morgan fingerprint density at radius 1 is 1.26 bits per heavy atom. The van der Waals surface area contributed by atoms with Gasteiger partial charge in [-0.2, -0.15) is 0 Å². The normalized spacial score (nSPS) is 14.2. The van der Waals surface area contributed by atoms with Crippen LogP contribution in [-0.4, -0.2) is 22.0 Å². The molecule has 102 valence electrons. The summed E-state index contributed by atoms with van der Waals surface area (Å²) < 4.78 is 1.05.